The van der Waals surface area contributed by atoms with Gasteiger partial charge in [0.05, 0.1) is 20.3 Å². The first-order valence-corrected chi connectivity index (χ1v) is 7.66. The molecule has 9 nitrogen and oxygen atoms in total. The van der Waals surface area contributed by atoms with E-state index in [0.29, 0.717) is 11.5 Å². The highest BCUT2D eigenvalue weighted by Crippen LogP contribution is 2.29. The van der Waals surface area contributed by atoms with Crippen LogP contribution in [0.4, 0.5) is 0 Å². The van der Waals surface area contributed by atoms with Crippen molar-refractivity contribution in [2.45, 2.75) is 30.6 Å². The molecule has 1 aromatic rings. The molecule has 9 heteroatoms. The monoisotopic (exact) mass is 351 g/mol. The molecule has 0 radical (unpaired) electrons. The molecule has 0 amide bonds. The molecule has 2 rings (SSSR count). The molecule has 1 saturated heterocycles. The molecule has 1 fully saturated rings. The fourth-order valence-corrected chi connectivity index (χ4v) is 2.49. The van der Waals surface area contributed by atoms with Crippen molar-refractivity contribution < 1.29 is 29.2 Å². The third-order valence-corrected chi connectivity index (χ3v) is 3.73. The van der Waals surface area contributed by atoms with Crippen LogP contribution in [0.25, 0.3) is 10.4 Å². The van der Waals surface area contributed by atoms with Crippen LogP contribution in [0, 0.1) is 0 Å². The summed E-state index contributed by atoms with van der Waals surface area (Å²) in [4.78, 5) is 2.79. The van der Waals surface area contributed by atoms with E-state index in [4.69, 9.17) is 24.5 Å². The van der Waals surface area contributed by atoms with Gasteiger partial charge in [0, 0.05) is 4.91 Å². The topological polar surface area (TPSA) is 126 Å². The van der Waals surface area contributed by atoms with E-state index < -0.39 is 37.3 Å². The fraction of sp³-hybridized carbons (Fsp3) is 0.500. The van der Waals surface area contributed by atoms with Gasteiger partial charge in [0.25, 0.3) is 0 Å². The van der Waals surface area contributed by atoms with Crippen LogP contribution in [0.5, 0.6) is 11.5 Å². The summed E-state index contributed by atoms with van der Waals surface area (Å²) in [5, 5.41) is 23.4. The fourth-order valence-electron chi connectivity index (χ4n) is 2.49. The predicted octanol–water partition coefficient (Wildman–Crippen LogP) is 1.40. The molecule has 0 bridgehead atoms. The van der Waals surface area contributed by atoms with E-state index in [9.17, 15) is 10.2 Å². The summed E-state index contributed by atoms with van der Waals surface area (Å²) in [6.07, 6.45) is -2.58. The van der Waals surface area contributed by atoms with Crippen LogP contribution < -0.4 is 9.47 Å². The van der Waals surface area contributed by atoms with Crippen molar-refractivity contribution in [3.63, 3.8) is 0 Å². The molecule has 1 aromatic carbocycles. The van der Waals surface area contributed by atoms with Crippen LogP contribution in [0.2, 0.25) is 0 Å². The van der Waals surface area contributed by atoms with Crippen LogP contribution in [0.1, 0.15) is 0 Å². The van der Waals surface area contributed by atoms with Gasteiger partial charge in [-0.25, -0.2) is 0 Å². The maximum atomic E-state index is 10.3. The molecule has 1 heterocycles. The first-order chi connectivity index (χ1) is 12.1. The average Bonchev–Trinajstić information content (AvgIpc) is 2.64. The molecular formula is C16H21N3O6. The maximum Gasteiger partial charge on any atom is 0.211 e. The summed E-state index contributed by atoms with van der Waals surface area (Å²) in [5.74, 6) is 1.10. The van der Waals surface area contributed by atoms with Crippen LogP contribution in [0.3, 0.4) is 0 Å². The Morgan fingerprint density at radius 2 is 2.04 bits per heavy atom. The quantitative estimate of drug-likeness (QED) is 0.315. The number of benzene rings is 1. The van der Waals surface area contributed by atoms with Gasteiger partial charge in [-0.2, -0.15) is 0 Å². The van der Waals surface area contributed by atoms with Gasteiger partial charge in [-0.3, -0.25) is 0 Å². The molecule has 5 atom stereocenters. The van der Waals surface area contributed by atoms with Crippen molar-refractivity contribution in [1.82, 2.24) is 0 Å². The Labute approximate surface area is 145 Å². The average molecular weight is 351 g/mol. The molecule has 2 N–H and O–H groups in total. The number of methoxy groups -OCH3 is 1. The molecule has 1 aliphatic rings. The summed E-state index contributed by atoms with van der Waals surface area (Å²) >= 11 is 0. The largest absolute Gasteiger partial charge is 0.497 e. The molecule has 25 heavy (non-hydrogen) atoms. The summed E-state index contributed by atoms with van der Waals surface area (Å²) < 4.78 is 21.9. The summed E-state index contributed by atoms with van der Waals surface area (Å²) in [5.41, 5.74) is 8.85. The second-order valence-electron chi connectivity index (χ2n) is 5.29. The van der Waals surface area contributed by atoms with E-state index in [2.05, 4.69) is 16.6 Å². The molecule has 0 aromatic heterocycles. The summed E-state index contributed by atoms with van der Waals surface area (Å²) in [7, 11) is 1.55. The van der Waals surface area contributed by atoms with Crippen molar-refractivity contribution in [2.24, 2.45) is 5.11 Å². The first kappa shape index (κ1) is 19.0. The Bertz CT molecular complexity index is 604. The van der Waals surface area contributed by atoms with Crippen molar-refractivity contribution in [3.8, 4) is 11.5 Å². The number of rotatable bonds is 8. The zero-order valence-corrected chi connectivity index (χ0v) is 13.8. The Morgan fingerprint density at radius 1 is 1.36 bits per heavy atom. The molecule has 1 aliphatic heterocycles. The van der Waals surface area contributed by atoms with Gasteiger partial charge in [-0.1, -0.05) is 11.2 Å². The van der Waals surface area contributed by atoms with Gasteiger partial charge in [0.2, 0.25) is 6.29 Å². The van der Waals surface area contributed by atoms with E-state index in [1.54, 1.807) is 31.4 Å². The highest BCUT2D eigenvalue weighted by Gasteiger charge is 2.46. The zero-order valence-electron chi connectivity index (χ0n) is 13.8. The van der Waals surface area contributed by atoms with E-state index in [0.717, 1.165) is 0 Å². The lowest BCUT2D eigenvalue weighted by atomic mass is 9.97. The molecule has 0 spiro atoms. The van der Waals surface area contributed by atoms with Gasteiger partial charge in [-0.05, 0) is 29.8 Å². The maximum absolute atomic E-state index is 10.3. The lowest BCUT2D eigenvalue weighted by molar-refractivity contribution is -0.246. The van der Waals surface area contributed by atoms with Crippen LogP contribution >= 0.6 is 0 Å². The van der Waals surface area contributed by atoms with Crippen molar-refractivity contribution in [3.05, 3.63) is 47.4 Å². The van der Waals surface area contributed by atoms with Crippen molar-refractivity contribution in [1.29, 1.82) is 0 Å². The second-order valence-corrected chi connectivity index (χ2v) is 5.29. The number of nitrogens with zero attached hydrogens (tertiary/aromatic N) is 3. The van der Waals surface area contributed by atoms with E-state index >= 15 is 0 Å². The molecular weight excluding hydrogens is 330 g/mol. The molecule has 136 valence electrons. The molecule has 0 saturated carbocycles. The van der Waals surface area contributed by atoms with Gasteiger partial charge < -0.3 is 29.2 Å². The third-order valence-electron chi connectivity index (χ3n) is 3.73. The number of ether oxygens (including phenoxy) is 4. The Hall–Kier alpha value is -2.29. The van der Waals surface area contributed by atoms with Gasteiger partial charge >= 0.3 is 0 Å². The lowest BCUT2D eigenvalue weighted by Crippen LogP contribution is -2.60. The van der Waals surface area contributed by atoms with Gasteiger partial charge in [-0.15, -0.1) is 6.58 Å². The Kier molecular flexibility index (Phi) is 7.05. The van der Waals surface area contributed by atoms with Crippen molar-refractivity contribution >= 4 is 0 Å². The van der Waals surface area contributed by atoms with Crippen molar-refractivity contribution in [2.75, 3.05) is 20.3 Å². The number of azide groups is 1. The summed E-state index contributed by atoms with van der Waals surface area (Å²) in [6.45, 7) is 3.24. The molecule has 0 aliphatic carbocycles. The Balaban J connectivity index is 2.24. The number of hydrogen-bond donors (Lipinski definition) is 2. The lowest BCUT2D eigenvalue weighted by Gasteiger charge is -2.42. The summed E-state index contributed by atoms with van der Waals surface area (Å²) in [6, 6.07) is 5.77. The number of aliphatic hydroxyl groups is 2. The second kappa shape index (κ2) is 9.26. The van der Waals surface area contributed by atoms with Crippen LogP contribution in [-0.2, 0) is 9.47 Å². The SMILES string of the molecule is C=CCO[C@H]1[C@@H](O)[C@@H](CO)O[C@@H](Oc2ccc(OC)cc2)[C@@H]1N=[N+]=[N-]. The first-order valence-electron chi connectivity index (χ1n) is 7.66. The normalized spacial score (nSPS) is 28.7. The minimum Gasteiger partial charge on any atom is -0.497 e. The van der Waals surface area contributed by atoms with E-state index in [1.165, 1.54) is 6.08 Å². The number of hydrogen-bond acceptors (Lipinski definition) is 7. The predicted molar refractivity (Wildman–Crippen MR) is 88.2 cm³/mol. The van der Waals surface area contributed by atoms with E-state index in [-0.39, 0.29) is 6.61 Å². The highest BCUT2D eigenvalue weighted by molar-refractivity contribution is 5.31. The highest BCUT2D eigenvalue weighted by atomic mass is 16.7. The number of aliphatic hydroxyl groups excluding tert-OH is 2. The van der Waals surface area contributed by atoms with Crippen LogP contribution in [0.15, 0.2) is 42.0 Å². The minimum atomic E-state index is -1.18. The molecule has 0 unspecified atom stereocenters. The van der Waals surface area contributed by atoms with Gasteiger partial charge in [0.15, 0.2) is 0 Å². The van der Waals surface area contributed by atoms with E-state index in [1.807, 2.05) is 0 Å². The smallest absolute Gasteiger partial charge is 0.211 e. The Morgan fingerprint density at radius 3 is 2.60 bits per heavy atom. The third kappa shape index (κ3) is 4.62. The minimum absolute atomic E-state index is 0.132. The zero-order chi connectivity index (χ0) is 18.2. The van der Waals surface area contributed by atoms with Gasteiger partial charge in [0.1, 0.15) is 35.9 Å². The van der Waals surface area contributed by atoms with Crippen LogP contribution in [-0.4, -0.2) is 61.2 Å². The standard InChI is InChI=1S/C16H21N3O6/c1-3-8-23-15-13(18-19-17)16(25-12(9-20)14(15)21)24-11-6-4-10(22-2)5-7-11/h3-7,12-16,20-21H,1,8-9H2,2H3/t12-,13-,14+,15-,16-/m1/s1.